The van der Waals surface area contributed by atoms with Crippen LogP contribution in [0.5, 0.6) is 0 Å². The van der Waals surface area contributed by atoms with Crippen molar-refractivity contribution in [3.63, 3.8) is 0 Å². The SMILES string of the molecule is CC(C)NCc1cccn1CCCCc1ccccc1. The summed E-state index contributed by atoms with van der Waals surface area (Å²) >= 11 is 0. The van der Waals surface area contributed by atoms with Gasteiger partial charge in [0.25, 0.3) is 0 Å². The van der Waals surface area contributed by atoms with Crippen LogP contribution >= 0.6 is 0 Å². The van der Waals surface area contributed by atoms with E-state index >= 15 is 0 Å². The lowest BCUT2D eigenvalue weighted by Gasteiger charge is -2.12. The van der Waals surface area contributed by atoms with E-state index in [0.717, 1.165) is 13.1 Å². The molecule has 0 saturated heterocycles. The van der Waals surface area contributed by atoms with Gasteiger partial charge in [0.1, 0.15) is 0 Å². The van der Waals surface area contributed by atoms with Crippen LogP contribution in [0.3, 0.4) is 0 Å². The first kappa shape index (κ1) is 14.9. The van der Waals surface area contributed by atoms with Gasteiger partial charge in [0.15, 0.2) is 0 Å². The van der Waals surface area contributed by atoms with Gasteiger partial charge in [-0.3, -0.25) is 0 Å². The number of rotatable bonds is 8. The zero-order valence-electron chi connectivity index (χ0n) is 12.7. The topological polar surface area (TPSA) is 17.0 Å². The van der Waals surface area contributed by atoms with Crippen molar-refractivity contribution in [3.8, 4) is 0 Å². The van der Waals surface area contributed by atoms with E-state index in [1.807, 2.05) is 0 Å². The Labute approximate surface area is 122 Å². The number of nitrogens with zero attached hydrogens (tertiary/aromatic N) is 1. The molecular formula is C18H26N2. The molecule has 0 aliphatic heterocycles. The second kappa shape index (κ2) is 7.91. The molecule has 0 saturated carbocycles. The Morgan fingerprint density at radius 3 is 2.55 bits per heavy atom. The minimum absolute atomic E-state index is 0.538. The number of hydrogen-bond donors (Lipinski definition) is 1. The third kappa shape index (κ3) is 4.86. The summed E-state index contributed by atoms with van der Waals surface area (Å²) in [6.07, 6.45) is 5.86. The number of aryl methyl sites for hydroxylation is 2. The van der Waals surface area contributed by atoms with Crippen LogP contribution in [0.1, 0.15) is 37.9 Å². The average Bonchev–Trinajstić information content (AvgIpc) is 2.90. The molecule has 1 aromatic carbocycles. The highest BCUT2D eigenvalue weighted by atomic mass is 15.0. The van der Waals surface area contributed by atoms with E-state index < -0.39 is 0 Å². The van der Waals surface area contributed by atoms with E-state index in [9.17, 15) is 0 Å². The van der Waals surface area contributed by atoms with Gasteiger partial charge < -0.3 is 9.88 Å². The molecule has 1 N–H and O–H groups in total. The summed E-state index contributed by atoms with van der Waals surface area (Å²) in [4.78, 5) is 0. The summed E-state index contributed by atoms with van der Waals surface area (Å²) in [5.74, 6) is 0. The molecule has 0 amide bonds. The molecule has 0 radical (unpaired) electrons. The lowest BCUT2D eigenvalue weighted by atomic mass is 10.1. The maximum absolute atomic E-state index is 3.48. The molecule has 2 nitrogen and oxygen atoms in total. The largest absolute Gasteiger partial charge is 0.350 e. The summed E-state index contributed by atoms with van der Waals surface area (Å²) in [5, 5.41) is 3.48. The van der Waals surface area contributed by atoms with Crippen LogP contribution in [0.25, 0.3) is 0 Å². The Kier molecular flexibility index (Phi) is 5.87. The molecular weight excluding hydrogens is 244 g/mol. The van der Waals surface area contributed by atoms with Gasteiger partial charge in [-0.25, -0.2) is 0 Å². The second-order valence-corrected chi connectivity index (χ2v) is 5.67. The summed E-state index contributed by atoms with van der Waals surface area (Å²) in [7, 11) is 0. The molecule has 20 heavy (non-hydrogen) atoms. The number of aromatic nitrogens is 1. The number of benzene rings is 1. The van der Waals surface area contributed by atoms with Crippen LogP contribution in [0.15, 0.2) is 48.7 Å². The Hall–Kier alpha value is -1.54. The zero-order chi connectivity index (χ0) is 14.2. The first-order chi connectivity index (χ1) is 9.75. The summed E-state index contributed by atoms with van der Waals surface area (Å²) in [6.45, 7) is 6.46. The van der Waals surface area contributed by atoms with Crippen molar-refractivity contribution >= 4 is 0 Å². The molecule has 0 aliphatic carbocycles. The lowest BCUT2D eigenvalue weighted by molar-refractivity contribution is 0.539. The Balaban J connectivity index is 1.73. The van der Waals surface area contributed by atoms with Crippen LogP contribution in [0.2, 0.25) is 0 Å². The Bertz CT molecular complexity index is 485. The van der Waals surface area contributed by atoms with Crippen molar-refractivity contribution in [1.82, 2.24) is 9.88 Å². The Morgan fingerprint density at radius 2 is 1.80 bits per heavy atom. The molecule has 1 heterocycles. The predicted molar refractivity (Wildman–Crippen MR) is 85.8 cm³/mol. The van der Waals surface area contributed by atoms with E-state index in [2.05, 4.69) is 72.4 Å². The number of unbranched alkanes of at least 4 members (excludes halogenated alkanes) is 1. The van der Waals surface area contributed by atoms with Crippen LogP contribution in [0.4, 0.5) is 0 Å². The van der Waals surface area contributed by atoms with Gasteiger partial charge in [-0.2, -0.15) is 0 Å². The van der Waals surface area contributed by atoms with E-state index in [1.165, 1.54) is 30.5 Å². The minimum Gasteiger partial charge on any atom is -0.350 e. The predicted octanol–water partition coefficient (Wildman–Crippen LogP) is 4.01. The molecule has 0 bridgehead atoms. The van der Waals surface area contributed by atoms with E-state index in [4.69, 9.17) is 0 Å². The molecule has 2 aromatic rings. The van der Waals surface area contributed by atoms with Gasteiger partial charge in [0.05, 0.1) is 0 Å². The smallest absolute Gasteiger partial charge is 0.0361 e. The second-order valence-electron chi connectivity index (χ2n) is 5.67. The van der Waals surface area contributed by atoms with Crippen LogP contribution in [0, 0.1) is 0 Å². The van der Waals surface area contributed by atoms with Crippen molar-refractivity contribution in [2.45, 2.75) is 52.2 Å². The fraction of sp³-hybridized carbons (Fsp3) is 0.444. The van der Waals surface area contributed by atoms with Gasteiger partial charge in [-0.1, -0.05) is 44.2 Å². The standard InChI is InChI=1S/C18H26N2/c1-16(2)19-15-18-12-8-14-20(18)13-7-6-11-17-9-4-3-5-10-17/h3-5,8-10,12,14,16,19H,6-7,11,13,15H2,1-2H3. The average molecular weight is 270 g/mol. The highest BCUT2D eigenvalue weighted by Crippen LogP contribution is 2.08. The molecule has 0 spiro atoms. The van der Waals surface area contributed by atoms with Gasteiger partial charge in [-0.15, -0.1) is 0 Å². The first-order valence-corrected chi connectivity index (χ1v) is 7.67. The van der Waals surface area contributed by atoms with Crippen LogP contribution in [-0.2, 0) is 19.5 Å². The van der Waals surface area contributed by atoms with Crippen molar-refractivity contribution in [2.75, 3.05) is 0 Å². The molecule has 108 valence electrons. The fourth-order valence-corrected chi connectivity index (χ4v) is 2.39. The van der Waals surface area contributed by atoms with Crippen molar-refractivity contribution in [1.29, 1.82) is 0 Å². The number of hydrogen-bond acceptors (Lipinski definition) is 1. The summed E-state index contributed by atoms with van der Waals surface area (Å²) in [5.41, 5.74) is 2.83. The number of nitrogens with one attached hydrogen (secondary N) is 1. The quantitative estimate of drug-likeness (QED) is 0.717. The highest BCUT2D eigenvalue weighted by molar-refractivity contribution is 5.14. The van der Waals surface area contributed by atoms with Gasteiger partial charge in [0.2, 0.25) is 0 Å². The fourth-order valence-electron chi connectivity index (χ4n) is 2.39. The molecule has 1 aromatic heterocycles. The first-order valence-electron chi connectivity index (χ1n) is 7.67. The van der Waals surface area contributed by atoms with E-state index in [0.29, 0.717) is 6.04 Å². The minimum atomic E-state index is 0.538. The lowest BCUT2D eigenvalue weighted by Crippen LogP contribution is -2.23. The molecule has 0 atom stereocenters. The monoisotopic (exact) mass is 270 g/mol. The molecule has 0 unspecified atom stereocenters. The van der Waals surface area contributed by atoms with Crippen molar-refractivity contribution in [2.24, 2.45) is 0 Å². The summed E-state index contributed by atoms with van der Waals surface area (Å²) in [6, 6.07) is 15.7. The normalized spacial score (nSPS) is 11.2. The van der Waals surface area contributed by atoms with Crippen LogP contribution < -0.4 is 5.32 Å². The van der Waals surface area contributed by atoms with Gasteiger partial charge >= 0.3 is 0 Å². The Morgan fingerprint density at radius 1 is 1.00 bits per heavy atom. The summed E-state index contributed by atoms with van der Waals surface area (Å²) < 4.78 is 2.38. The van der Waals surface area contributed by atoms with Crippen LogP contribution in [-0.4, -0.2) is 10.6 Å². The van der Waals surface area contributed by atoms with Crippen molar-refractivity contribution in [3.05, 3.63) is 59.9 Å². The molecule has 0 aliphatic rings. The zero-order valence-corrected chi connectivity index (χ0v) is 12.7. The van der Waals surface area contributed by atoms with Crippen molar-refractivity contribution < 1.29 is 0 Å². The molecule has 2 heteroatoms. The highest BCUT2D eigenvalue weighted by Gasteiger charge is 2.01. The maximum atomic E-state index is 3.48. The maximum Gasteiger partial charge on any atom is 0.0361 e. The third-order valence-corrected chi connectivity index (χ3v) is 3.57. The van der Waals surface area contributed by atoms with E-state index in [1.54, 1.807) is 0 Å². The molecule has 2 rings (SSSR count). The van der Waals surface area contributed by atoms with Gasteiger partial charge in [0, 0.05) is 31.0 Å². The van der Waals surface area contributed by atoms with E-state index in [-0.39, 0.29) is 0 Å². The molecule has 0 fully saturated rings. The third-order valence-electron chi connectivity index (χ3n) is 3.57. The van der Waals surface area contributed by atoms with Gasteiger partial charge in [-0.05, 0) is 37.0 Å².